The van der Waals surface area contributed by atoms with Gasteiger partial charge in [0.05, 0.1) is 37.1 Å². The Morgan fingerprint density at radius 3 is 2.59 bits per heavy atom. The molecule has 0 saturated carbocycles. The molecule has 7 atom stereocenters. The van der Waals surface area contributed by atoms with Gasteiger partial charge in [-0.25, -0.2) is 0 Å². The molecule has 0 unspecified atom stereocenters. The predicted octanol–water partition coefficient (Wildman–Crippen LogP) is 2.60. The van der Waals surface area contributed by atoms with Crippen molar-refractivity contribution in [3.05, 3.63) is 25.3 Å². The summed E-state index contributed by atoms with van der Waals surface area (Å²) in [6, 6.07) is -1.56. The van der Waals surface area contributed by atoms with Gasteiger partial charge in [0.25, 0.3) is 0 Å². The van der Waals surface area contributed by atoms with Crippen LogP contribution in [0.3, 0.4) is 0 Å². The second kappa shape index (κ2) is 14.4. The third-order valence-electron chi connectivity index (χ3n) is 8.73. The third kappa shape index (κ3) is 6.69. The summed E-state index contributed by atoms with van der Waals surface area (Å²) in [5.74, 6) is -3.19. The Bertz CT molecular complexity index is 985. The van der Waals surface area contributed by atoms with Gasteiger partial charge in [-0.15, -0.1) is 13.2 Å². The molecule has 0 aromatic rings. The van der Waals surface area contributed by atoms with E-state index in [2.05, 4.69) is 25.4 Å². The van der Waals surface area contributed by atoms with Gasteiger partial charge < -0.3 is 29.7 Å². The number of nitrogens with zero attached hydrogens (tertiary/aromatic N) is 2. The molecule has 230 valence electrons. The SMILES string of the molecule is C=CCCC(=O)NC[C@@H](C)OC(=O)[C@@H]1[C@@H]2CC[C@]3(O2)[C@H](C(=O)N(CC=C)CCCCC)N([C@@H](CO)C(C)C)C(=O)[C@@H]13. The summed E-state index contributed by atoms with van der Waals surface area (Å²) in [4.78, 5) is 57.3. The molecule has 10 heteroatoms. The summed E-state index contributed by atoms with van der Waals surface area (Å²) in [5.41, 5.74) is -1.17. The van der Waals surface area contributed by atoms with Crippen LogP contribution in [-0.2, 0) is 28.7 Å². The number of esters is 1. The Morgan fingerprint density at radius 1 is 1.24 bits per heavy atom. The quantitative estimate of drug-likeness (QED) is 0.155. The summed E-state index contributed by atoms with van der Waals surface area (Å²) >= 11 is 0. The molecular formula is C31H49N3O7. The van der Waals surface area contributed by atoms with E-state index in [0.717, 1.165) is 19.3 Å². The molecule has 3 aliphatic heterocycles. The third-order valence-corrected chi connectivity index (χ3v) is 8.73. The zero-order valence-electron chi connectivity index (χ0n) is 25.2. The molecule has 3 rings (SSSR count). The first-order valence-electron chi connectivity index (χ1n) is 15.2. The fraction of sp³-hybridized carbons (Fsp3) is 0.742. The van der Waals surface area contributed by atoms with E-state index in [4.69, 9.17) is 9.47 Å². The smallest absolute Gasteiger partial charge is 0.312 e. The number of aliphatic hydroxyl groups is 1. The molecular weight excluding hydrogens is 526 g/mol. The van der Waals surface area contributed by atoms with Crippen LogP contribution < -0.4 is 5.32 Å². The van der Waals surface area contributed by atoms with Crippen molar-refractivity contribution < 1.29 is 33.8 Å². The molecule has 1 spiro atoms. The van der Waals surface area contributed by atoms with Crippen molar-refractivity contribution in [2.45, 2.75) is 103 Å². The molecule has 3 aliphatic rings. The number of carbonyl (C=O) groups is 4. The molecule has 41 heavy (non-hydrogen) atoms. The van der Waals surface area contributed by atoms with Crippen LogP contribution in [0.25, 0.3) is 0 Å². The van der Waals surface area contributed by atoms with Crippen molar-refractivity contribution in [2.24, 2.45) is 17.8 Å². The maximum atomic E-state index is 14.3. The van der Waals surface area contributed by atoms with Crippen molar-refractivity contribution >= 4 is 23.7 Å². The number of nitrogens with one attached hydrogen (secondary N) is 1. The van der Waals surface area contributed by atoms with Gasteiger partial charge in [-0.3, -0.25) is 19.2 Å². The first kappa shape index (κ1) is 32.8. The number of allylic oxidation sites excluding steroid dienone is 1. The van der Waals surface area contributed by atoms with E-state index in [1.807, 2.05) is 13.8 Å². The molecule has 3 heterocycles. The van der Waals surface area contributed by atoms with E-state index >= 15 is 0 Å². The number of rotatable bonds is 17. The van der Waals surface area contributed by atoms with Gasteiger partial charge in [-0.1, -0.05) is 45.8 Å². The van der Waals surface area contributed by atoms with Crippen molar-refractivity contribution in [3.8, 4) is 0 Å². The van der Waals surface area contributed by atoms with Crippen LogP contribution in [0.2, 0.25) is 0 Å². The summed E-state index contributed by atoms with van der Waals surface area (Å²) in [5, 5.41) is 13.1. The van der Waals surface area contributed by atoms with E-state index in [1.54, 1.807) is 24.0 Å². The lowest BCUT2D eigenvalue weighted by Crippen LogP contribution is -2.59. The monoisotopic (exact) mass is 575 g/mol. The second-order valence-corrected chi connectivity index (χ2v) is 12.0. The Hall–Kier alpha value is -2.72. The number of fused-ring (bicyclic) bond motifs is 1. The average molecular weight is 576 g/mol. The summed E-state index contributed by atoms with van der Waals surface area (Å²) in [6.07, 6.45) is 6.82. The number of carbonyl (C=O) groups excluding carboxylic acids is 4. The van der Waals surface area contributed by atoms with Crippen LogP contribution in [0.5, 0.6) is 0 Å². The van der Waals surface area contributed by atoms with Crippen LogP contribution in [0.1, 0.15) is 72.6 Å². The lowest BCUT2D eigenvalue weighted by atomic mass is 9.70. The molecule has 0 radical (unpaired) electrons. The van der Waals surface area contributed by atoms with Crippen LogP contribution in [-0.4, -0.2) is 94.7 Å². The molecule has 3 amide bonds. The number of ether oxygens (including phenoxy) is 2. The van der Waals surface area contributed by atoms with Gasteiger partial charge in [0.1, 0.15) is 17.7 Å². The van der Waals surface area contributed by atoms with E-state index in [-0.39, 0.29) is 36.8 Å². The highest BCUT2D eigenvalue weighted by atomic mass is 16.6. The molecule has 2 bridgehead atoms. The van der Waals surface area contributed by atoms with Crippen molar-refractivity contribution in [3.63, 3.8) is 0 Å². The first-order valence-corrected chi connectivity index (χ1v) is 15.2. The van der Waals surface area contributed by atoms with Gasteiger partial charge in [-0.05, 0) is 38.5 Å². The lowest BCUT2D eigenvalue weighted by molar-refractivity contribution is -0.160. The number of hydrogen-bond donors (Lipinski definition) is 2. The highest BCUT2D eigenvalue weighted by molar-refractivity contribution is 5.98. The zero-order chi connectivity index (χ0) is 30.3. The molecule has 3 saturated heterocycles. The normalized spacial score (nSPS) is 27.9. The number of aliphatic hydroxyl groups excluding tert-OH is 1. The standard InChI is InChI=1S/C31H49N3O7/c1-7-10-12-17-33(16-9-3)29(38)27-31-15-14-23(41-31)25(26(31)28(37)34(27)22(19-35)20(4)5)30(39)40-21(6)18-32-24(36)13-11-8-2/h8-9,20-23,25-27,35H,2-3,7,10-19H2,1,4-6H3,(H,32,36)/t21-,22+,23+,25-,26-,27+,31-/m1/s1. The van der Waals surface area contributed by atoms with Crippen LogP contribution >= 0.6 is 0 Å². The maximum Gasteiger partial charge on any atom is 0.312 e. The van der Waals surface area contributed by atoms with Crippen molar-refractivity contribution in [1.82, 2.24) is 15.1 Å². The van der Waals surface area contributed by atoms with Crippen LogP contribution in [0.4, 0.5) is 0 Å². The molecule has 0 aliphatic carbocycles. The lowest BCUT2D eigenvalue weighted by Gasteiger charge is -2.40. The number of amides is 3. The maximum absolute atomic E-state index is 14.3. The summed E-state index contributed by atoms with van der Waals surface area (Å²) in [7, 11) is 0. The second-order valence-electron chi connectivity index (χ2n) is 12.0. The minimum absolute atomic E-state index is 0.130. The van der Waals surface area contributed by atoms with E-state index in [0.29, 0.717) is 38.8 Å². The molecule has 2 N–H and O–H groups in total. The first-order chi connectivity index (χ1) is 19.6. The fourth-order valence-electron chi connectivity index (χ4n) is 6.69. The fourth-order valence-corrected chi connectivity index (χ4v) is 6.69. The van der Waals surface area contributed by atoms with Crippen molar-refractivity contribution in [1.29, 1.82) is 0 Å². The Labute approximate surface area is 244 Å². The zero-order valence-corrected chi connectivity index (χ0v) is 25.2. The highest BCUT2D eigenvalue weighted by Gasteiger charge is 2.75. The van der Waals surface area contributed by atoms with Gasteiger partial charge in [0.2, 0.25) is 17.7 Å². The Morgan fingerprint density at radius 2 is 1.98 bits per heavy atom. The largest absolute Gasteiger partial charge is 0.460 e. The number of likely N-dealkylation sites (tertiary alicyclic amines) is 1. The topological polar surface area (TPSA) is 125 Å². The number of unbranched alkanes of at least 4 members (excludes halogenated alkanes) is 2. The molecule has 3 fully saturated rings. The minimum Gasteiger partial charge on any atom is -0.460 e. The van der Waals surface area contributed by atoms with Crippen molar-refractivity contribution in [2.75, 3.05) is 26.2 Å². The summed E-state index contributed by atoms with van der Waals surface area (Å²) in [6.45, 7) is 15.7. The molecule has 10 nitrogen and oxygen atoms in total. The van der Waals surface area contributed by atoms with Gasteiger partial charge in [0.15, 0.2) is 0 Å². The van der Waals surface area contributed by atoms with E-state index in [1.165, 1.54) is 4.90 Å². The Kier molecular flexibility index (Phi) is 11.6. The van der Waals surface area contributed by atoms with Crippen LogP contribution in [0.15, 0.2) is 25.3 Å². The van der Waals surface area contributed by atoms with Gasteiger partial charge in [-0.2, -0.15) is 0 Å². The van der Waals surface area contributed by atoms with Crippen LogP contribution in [0, 0.1) is 17.8 Å². The number of hydrogen-bond acceptors (Lipinski definition) is 7. The summed E-state index contributed by atoms with van der Waals surface area (Å²) < 4.78 is 12.2. The highest BCUT2D eigenvalue weighted by Crippen LogP contribution is 2.59. The van der Waals surface area contributed by atoms with E-state index < -0.39 is 47.7 Å². The molecule has 0 aromatic carbocycles. The minimum atomic E-state index is -1.17. The van der Waals surface area contributed by atoms with Gasteiger partial charge in [0, 0.05) is 19.5 Å². The predicted molar refractivity (Wildman–Crippen MR) is 154 cm³/mol. The molecule has 0 aromatic heterocycles. The van der Waals surface area contributed by atoms with E-state index in [9.17, 15) is 24.3 Å². The Balaban J connectivity index is 1.89. The van der Waals surface area contributed by atoms with Gasteiger partial charge >= 0.3 is 5.97 Å². The average Bonchev–Trinajstić information content (AvgIpc) is 3.58.